The molecule has 0 saturated carbocycles. The molecule has 1 aromatic rings. The van der Waals surface area contributed by atoms with Crippen LogP contribution in [0.25, 0.3) is 0 Å². The summed E-state index contributed by atoms with van der Waals surface area (Å²) in [6, 6.07) is 0.108. The molecular weight excluding hydrogens is 216 g/mol. The summed E-state index contributed by atoms with van der Waals surface area (Å²) in [7, 11) is 1.55. The third kappa shape index (κ3) is 2.70. The van der Waals surface area contributed by atoms with Crippen molar-refractivity contribution >= 4 is 17.3 Å². The van der Waals surface area contributed by atoms with E-state index in [1.165, 1.54) is 10.9 Å². The van der Waals surface area contributed by atoms with Gasteiger partial charge in [0, 0.05) is 19.6 Å². The standard InChI is InChI=1S/C9H15ClN4O/c1-3-6(4-11)13-7-5-12-14(2)9(15)8(7)10/h5-6,13H,3-4,11H2,1-2H3. The van der Waals surface area contributed by atoms with Crippen LogP contribution in [-0.2, 0) is 7.05 Å². The van der Waals surface area contributed by atoms with E-state index in [2.05, 4.69) is 10.4 Å². The number of hydrogen-bond donors (Lipinski definition) is 2. The fourth-order valence-electron chi connectivity index (χ4n) is 1.16. The molecule has 0 fully saturated rings. The molecule has 1 unspecified atom stereocenters. The minimum atomic E-state index is -0.312. The molecular formula is C9H15ClN4O. The maximum atomic E-state index is 11.4. The first-order valence-corrected chi connectivity index (χ1v) is 5.16. The zero-order valence-corrected chi connectivity index (χ0v) is 9.58. The Hall–Kier alpha value is -1.07. The Labute approximate surface area is 93.2 Å². The summed E-state index contributed by atoms with van der Waals surface area (Å²) in [4.78, 5) is 11.4. The molecule has 0 amide bonds. The number of aromatic nitrogens is 2. The van der Waals surface area contributed by atoms with E-state index in [1.54, 1.807) is 7.05 Å². The highest BCUT2D eigenvalue weighted by molar-refractivity contribution is 6.32. The van der Waals surface area contributed by atoms with Crippen LogP contribution in [0.5, 0.6) is 0 Å². The van der Waals surface area contributed by atoms with Crippen LogP contribution in [-0.4, -0.2) is 22.4 Å². The highest BCUT2D eigenvalue weighted by Crippen LogP contribution is 2.16. The molecule has 3 N–H and O–H groups in total. The third-order valence-electron chi connectivity index (χ3n) is 2.22. The summed E-state index contributed by atoms with van der Waals surface area (Å²) < 4.78 is 1.19. The molecule has 84 valence electrons. The Kier molecular flexibility index (Phi) is 4.11. The molecule has 6 heteroatoms. The van der Waals surface area contributed by atoms with Crippen LogP contribution in [0.15, 0.2) is 11.0 Å². The molecule has 1 atom stereocenters. The number of aryl methyl sites for hydroxylation is 1. The lowest BCUT2D eigenvalue weighted by atomic mass is 10.2. The minimum Gasteiger partial charge on any atom is -0.378 e. The normalized spacial score (nSPS) is 12.5. The SMILES string of the molecule is CCC(CN)Nc1cnn(C)c(=O)c1Cl. The molecule has 0 aliphatic carbocycles. The summed E-state index contributed by atoms with van der Waals surface area (Å²) in [6.07, 6.45) is 2.39. The molecule has 0 bridgehead atoms. The largest absolute Gasteiger partial charge is 0.378 e. The monoisotopic (exact) mass is 230 g/mol. The summed E-state index contributed by atoms with van der Waals surface area (Å²) in [6.45, 7) is 2.49. The van der Waals surface area contributed by atoms with Gasteiger partial charge in [0.25, 0.3) is 5.56 Å². The summed E-state index contributed by atoms with van der Waals surface area (Å²) >= 11 is 5.88. The van der Waals surface area contributed by atoms with Gasteiger partial charge in [-0.05, 0) is 6.42 Å². The van der Waals surface area contributed by atoms with Crippen LogP contribution < -0.4 is 16.6 Å². The fraction of sp³-hybridized carbons (Fsp3) is 0.556. The number of halogens is 1. The van der Waals surface area contributed by atoms with Crippen molar-refractivity contribution in [2.45, 2.75) is 19.4 Å². The number of hydrogen-bond acceptors (Lipinski definition) is 4. The van der Waals surface area contributed by atoms with Crippen molar-refractivity contribution in [1.29, 1.82) is 0 Å². The Balaban J connectivity index is 2.96. The average Bonchev–Trinajstić information content (AvgIpc) is 2.25. The number of nitrogens with zero attached hydrogens (tertiary/aromatic N) is 2. The van der Waals surface area contributed by atoms with Crippen molar-refractivity contribution in [2.75, 3.05) is 11.9 Å². The number of rotatable bonds is 4. The van der Waals surface area contributed by atoms with E-state index in [4.69, 9.17) is 17.3 Å². The van der Waals surface area contributed by atoms with E-state index in [0.29, 0.717) is 12.2 Å². The summed E-state index contributed by atoms with van der Waals surface area (Å²) in [5, 5.41) is 7.11. The number of nitrogens with one attached hydrogen (secondary N) is 1. The third-order valence-corrected chi connectivity index (χ3v) is 2.58. The van der Waals surface area contributed by atoms with Gasteiger partial charge < -0.3 is 11.1 Å². The van der Waals surface area contributed by atoms with Gasteiger partial charge in [-0.2, -0.15) is 5.10 Å². The van der Waals surface area contributed by atoms with Gasteiger partial charge in [0.15, 0.2) is 0 Å². The van der Waals surface area contributed by atoms with Crippen molar-refractivity contribution in [2.24, 2.45) is 12.8 Å². The fourth-order valence-corrected chi connectivity index (χ4v) is 1.38. The highest BCUT2D eigenvalue weighted by Gasteiger charge is 2.10. The Morgan fingerprint density at radius 1 is 1.73 bits per heavy atom. The first kappa shape index (κ1) is 12.0. The summed E-state index contributed by atoms with van der Waals surface area (Å²) in [5.74, 6) is 0. The Morgan fingerprint density at radius 3 is 2.93 bits per heavy atom. The molecule has 0 saturated heterocycles. The van der Waals surface area contributed by atoms with Crippen molar-refractivity contribution in [3.05, 3.63) is 21.6 Å². The zero-order chi connectivity index (χ0) is 11.4. The van der Waals surface area contributed by atoms with Crippen LogP contribution >= 0.6 is 11.6 Å². The van der Waals surface area contributed by atoms with Crippen LogP contribution in [0.4, 0.5) is 5.69 Å². The van der Waals surface area contributed by atoms with Crippen LogP contribution in [0.1, 0.15) is 13.3 Å². The molecule has 15 heavy (non-hydrogen) atoms. The molecule has 0 aromatic carbocycles. The lowest BCUT2D eigenvalue weighted by molar-refractivity contribution is 0.687. The van der Waals surface area contributed by atoms with Crippen molar-refractivity contribution in [3.8, 4) is 0 Å². The number of anilines is 1. The highest BCUT2D eigenvalue weighted by atomic mass is 35.5. The van der Waals surface area contributed by atoms with Gasteiger partial charge in [-0.15, -0.1) is 0 Å². The minimum absolute atomic E-state index is 0.108. The van der Waals surface area contributed by atoms with Gasteiger partial charge in [0.2, 0.25) is 0 Å². The maximum absolute atomic E-state index is 11.4. The first-order valence-electron chi connectivity index (χ1n) is 4.78. The first-order chi connectivity index (χ1) is 7.10. The molecule has 1 rings (SSSR count). The van der Waals surface area contributed by atoms with E-state index in [0.717, 1.165) is 6.42 Å². The van der Waals surface area contributed by atoms with Crippen molar-refractivity contribution in [1.82, 2.24) is 9.78 Å². The van der Waals surface area contributed by atoms with Crippen molar-refractivity contribution < 1.29 is 0 Å². The van der Waals surface area contributed by atoms with Crippen LogP contribution in [0, 0.1) is 0 Å². The van der Waals surface area contributed by atoms with Gasteiger partial charge in [-0.1, -0.05) is 18.5 Å². The van der Waals surface area contributed by atoms with Gasteiger partial charge in [0.1, 0.15) is 5.02 Å². The predicted molar refractivity (Wildman–Crippen MR) is 61.2 cm³/mol. The summed E-state index contributed by atoms with van der Waals surface area (Å²) in [5.41, 5.74) is 5.77. The van der Waals surface area contributed by atoms with Gasteiger partial charge >= 0.3 is 0 Å². The topological polar surface area (TPSA) is 72.9 Å². The second-order valence-corrected chi connectivity index (χ2v) is 3.66. The van der Waals surface area contributed by atoms with E-state index in [-0.39, 0.29) is 16.6 Å². The number of nitrogens with two attached hydrogens (primary N) is 1. The lowest BCUT2D eigenvalue weighted by Crippen LogP contribution is -2.30. The van der Waals surface area contributed by atoms with E-state index >= 15 is 0 Å². The van der Waals surface area contributed by atoms with E-state index < -0.39 is 0 Å². The zero-order valence-electron chi connectivity index (χ0n) is 8.83. The Bertz CT molecular complexity index is 386. The molecule has 0 aliphatic heterocycles. The van der Waals surface area contributed by atoms with Gasteiger partial charge in [-0.25, -0.2) is 4.68 Å². The molecule has 5 nitrogen and oxygen atoms in total. The van der Waals surface area contributed by atoms with Gasteiger partial charge in [-0.3, -0.25) is 4.79 Å². The molecule has 0 radical (unpaired) electrons. The quantitative estimate of drug-likeness (QED) is 0.794. The van der Waals surface area contributed by atoms with Crippen LogP contribution in [0.3, 0.4) is 0 Å². The van der Waals surface area contributed by atoms with Crippen molar-refractivity contribution in [3.63, 3.8) is 0 Å². The van der Waals surface area contributed by atoms with Crippen LogP contribution in [0.2, 0.25) is 5.02 Å². The average molecular weight is 231 g/mol. The predicted octanol–water partition coefficient (Wildman–Crippen LogP) is 0.583. The Morgan fingerprint density at radius 2 is 2.40 bits per heavy atom. The van der Waals surface area contributed by atoms with E-state index in [9.17, 15) is 4.79 Å². The lowest BCUT2D eigenvalue weighted by Gasteiger charge is -2.16. The smallest absolute Gasteiger partial charge is 0.287 e. The molecule has 0 spiro atoms. The second-order valence-electron chi connectivity index (χ2n) is 3.29. The van der Waals surface area contributed by atoms with E-state index in [1.807, 2.05) is 6.92 Å². The van der Waals surface area contributed by atoms with Gasteiger partial charge in [0.05, 0.1) is 11.9 Å². The second kappa shape index (κ2) is 5.14. The maximum Gasteiger partial charge on any atom is 0.287 e. The molecule has 1 aromatic heterocycles. The molecule has 0 aliphatic rings. The molecule has 1 heterocycles.